The topological polar surface area (TPSA) is 87.6 Å². The summed E-state index contributed by atoms with van der Waals surface area (Å²) in [6, 6.07) is 8.35. The molecule has 0 bridgehead atoms. The highest BCUT2D eigenvalue weighted by Crippen LogP contribution is 2.18. The van der Waals surface area contributed by atoms with Crippen LogP contribution in [0.25, 0.3) is 0 Å². The molecular formula is C15H16N4O3. The number of carboxylic acids is 1. The van der Waals surface area contributed by atoms with Crippen LogP contribution in [0.15, 0.2) is 36.5 Å². The van der Waals surface area contributed by atoms with Crippen LogP contribution >= 0.6 is 0 Å². The zero-order valence-corrected chi connectivity index (χ0v) is 11.9. The average molecular weight is 300 g/mol. The summed E-state index contributed by atoms with van der Waals surface area (Å²) in [6.45, 7) is 2.86. The van der Waals surface area contributed by atoms with Gasteiger partial charge in [0.15, 0.2) is 0 Å². The molecule has 0 spiro atoms. The van der Waals surface area contributed by atoms with Crippen LogP contribution in [-0.2, 0) is 4.74 Å². The summed E-state index contributed by atoms with van der Waals surface area (Å²) in [4.78, 5) is 21.8. The van der Waals surface area contributed by atoms with Crippen LogP contribution < -0.4 is 10.2 Å². The van der Waals surface area contributed by atoms with Gasteiger partial charge in [0, 0.05) is 25.0 Å². The number of aromatic carboxylic acids is 1. The van der Waals surface area contributed by atoms with Crippen molar-refractivity contribution in [3.8, 4) is 0 Å². The minimum absolute atomic E-state index is 0.229. The van der Waals surface area contributed by atoms with Crippen molar-refractivity contribution >= 4 is 23.4 Å². The number of benzene rings is 1. The molecule has 1 aromatic heterocycles. The molecule has 0 radical (unpaired) electrons. The number of rotatable bonds is 4. The van der Waals surface area contributed by atoms with E-state index in [1.165, 1.54) is 0 Å². The number of carboxylic acid groups (broad SMARTS) is 1. The second-order valence-electron chi connectivity index (χ2n) is 4.85. The fraction of sp³-hybridized carbons (Fsp3) is 0.267. The minimum Gasteiger partial charge on any atom is -0.478 e. The average Bonchev–Trinajstić information content (AvgIpc) is 2.56. The van der Waals surface area contributed by atoms with Gasteiger partial charge in [-0.1, -0.05) is 6.07 Å². The number of ether oxygens (including phenoxy) is 1. The Morgan fingerprint density at radius 3 is 2.86 bits per heavy atom. The molecule has 2 N–H and O–H groups in total. The predicted octanol–water partition coefficient (Wildman–Crippen LogP) is 1.75. The van der Waals surface area contributed by atoms with Gasteiger partial charge in [0.1, 0.15) is 5.82 Å². The number of nitrogens with zero attached hydrogens (tertiary/aromatic N) is 3. The second-order valence-corrected chi connectivity index (χ2v) is 4.85. The molecule has 22 heavy (non-hydrogen) atoms. The zero-order valence-electron chi connectivity index (χ0n) is 11.9. The molecule has 0 amide bonds. The molecule has 7 nitrogen and oxygen atoms in total. The molecule has 1 aromatic carbocycles. The van der Waals surface area contributed by atoms with E-state index in [4.69, 9.17) is 9.84 Å². The predicted molar refractivity (Wildman–Crippen MR) is 81.7 cm³/mol. The number of nitrogens with one attached hydrogen (secondary N) is 1. The molecule has 0 atom stereocenters. The molecule has 1 saturated heterocycles. The molecule has 1 fully saturated rings. The summed E-state index contributed by atoms with van der Waals surface area (Å²) in [6.07, 6.45) is 1.68. The van der Waals surface area contributed by atoms with Gasteiger partial charge >= 0.3 is 5.97 Å². The highest BCUT2D eigenvalue weighted by atomic mass is 16.5. The second kappa shape index (κ2) is 6.40. The fourth-order valence-corrected chi connectivity index (χ4v) is 2.21. The van der Waals surface area contributed by atoms with E-state index in [2.05, 4.69) is 20.2 Å². The number of morpholine rings is 1. The van der Waals surface area contributed by atoms with E-state index in [-0.39, 0.29) is 5.56 Å². The molecule has 114 valence electrons. The van der Waals surface area contributed by atoms with Crippen molar-refractivity contribution in [2.24, 2.45) is 0 Å². The molecule has 2 heterocycles. The van der Waals surface area contributed by atoms with Gasteiger partial charge in [0.25, 0.3) is 0 Å². The fourth-order valence-electron chi connectivity index (χ4n) is 2.21. The lowest BCUT2D eigenvalue weighted by atomic mass is 10.2. The van der Waals surface area contributed by atoms with Crippen molar-refractivity contribution in [3.05, 3.63) is 42.1 Å². The van der Waals surface area contributed by atoms with E-state index in [0.29, 0.717) is 30.7 Å². The Kier molecular flexibility index (Phi) is 4.15. The number of hydrogen-bond acceptors (Lipinski definition) is 6. The molecule has 1 aliphatic rings. The van der Waals surface area contributed by atoms with Crippen molar-refractivity contribution in [2.45, 2.75) is 0 Å². The van der Waals surface area contributed by atoms with Gasteiger partial charge in [-0.05, 0) is 24.3 Å². The molecule has 7 heteroatoms. The zero-order chi connectivity index (χ0) is 15.4. The summed E-state index contributed by atoms with van der Waals surface area (Å²) >= 11 is 0. The third-order valence-electron chi connectivity index (χ3n) is 3.32. The Morgan fingerprint density at radius 1 is 1.27 bits per heavy atom. The number of anilines is 3. The lowest BCUT2D eigenvalue weighted by Crippen LogP contribution is -2.37. The molecule has 0 saturated carbocycles. The van der Waals surface area contributed by atoms with E-state index in [9.17, 15) is 4.79 Å². The first-order valence-electron chi connectivity index (χ1n) is 6.98. The highest BCUT2D eigenvalue weighted by molar-refractivity contribution is 5.89. The smallest absolute Gasteiger partial charge is 0.335 e. The van der Waals surface area contributed by atoms with Crippen LogP contribution in [0.2, 0.25) is 0 Å². The van der Waals surface area contributed by atoms with Crippen LogP contribution in [0, 0.1) is 0 Å². The van der Waals surface area contributed by atoms with E-state index in [0.717, 1.165) is 13.1 Å². The van der Waals surface area contributed by atoms with Crippen molar-refractivity contribution in [1.82, 2.24) is 9.97 Å². The van der Waals surface area contributed by atoms with Gasteiger partial charge < -0.3 is 20.1 Å². The summed E-state index contributed by atoms with van der Waals surface area (Å²) in [5, 5.41) is 12.1. The summed E-state index contributed by atoms with van der Waals surface area (Å²) in [5.74, 6) is 0.307. The van der Waals surface area contributed by atoms with Crippen LogP contribution in [0.4, 0.5) is 17.5 Å². The maximum atomic E-state index is 11.0. The lowest BCUT2D eigenvalue weighted by molar-refractivity contribution is 0.0697. The summed E-state index contributed by atoms with van der Waals surface area (Å²) in [5.41, 5.74) is 0.902. The first-order valence-corrected chi connectivity index (χ1v) is 6.98. The van der Waals surface area contributed by atoms with E-state index in [1.807, 2.05) is 0 Å². The van der Waals surface area contributed by atoms with Crippen LogP contribution in [0.5, 0.6) is 0 Å². The van der Waals surface area contributed by atoms with Crippen LogP contribution in [-0.4, -0.2) is 47.3 Å². The third kappa shape index (κ3) is 3.32. The van der Waals surface area contributed by atoms with Crippen LogP contribution in [0.3, 0.4) is 0 Å². The molecule has 3 rings (SSSR count). The number of aromatic nitrogens is 2. The maximum absolute atomic E-state index is 11.0. The maximum Gasteiger partial charge on any atom is 0.335 e. The van der Waals surface area contributed by atoms with Gasteiger partial charge in [-0.15, -0.1) is 0 Å². The minimum atomic E-state index is -0.958. The lowest BCUT2D eigenvalue weighted by Gasteiger charge is -2.26. The van der Waals surface area contributed by atoms with Gasteiger partial charge in [-0.2, -0.15) is 4.98 Å². The van der Waals surface area contributed by atoms with Crippen molar-refractivity contribution in [2.75, 3.05) is 36.5 Å². The molecular weight excluding hydrogens is 284 g/mol. The number of hydrogen-bond donors (Lipinski definition) is 2. The van der Waals surface area contributed by atoms with Gasteiger partial charge in [-0.3, -0.25) is 0 Å². The summed E-state index contributed by atoms with van der Waals surface area (Å²) in [7, 11) is 0. The van der Waals surface area contributed by atoms with Crippen LogP contribution in [0.1, 0.15) is 10.4 Å². The van der Waals surface area contributed by atoms with Crippen molar-refractivity contribution in [1.29, 1.82) is 0 Å². The first-order chi connectivity index (χ1) is 10.7. The quantitative estimate of drug-likeness (QED) is 0.889. The standard InChI is InChI=1S/C15H16N4O3/c20-14(21)11-2-1-3-12(10-11)17-13-4-5-16-15(18-13)19-6-8-22-9-7-19/h1-5,10H,6-9H2,(H,20,21)(H,16,17,18). The van der Waals surface area contributed by atoms with Gasteiger partial charge in [0.2, 0.25) is 5.95 Å². The Hall–Kier alpha value is -2.67. The molecule has 0 unspecified atom stereocenters. The van der Waals surface area contributed by atoms with Gasteiger partial charge in [0.05, 0.1) is 18.8 Å². The molecule has 1 aliphatic heterocycles. The van der Waals surface area contributed by atoms with E-state index < -0.39 is 5.97 Å². The first kappa shape index (κ1) is 14.3. The van der Waals surface area contributed by atoms with Crippen molar-refractivity contribution in [3.63, 3.8) is 0 Å². The van der Waals surface area contributed by atoms with Crippen molar-refractivity contribution < 1.29 is 14.6 Å². The van der Waals surface area contributed by atoms with E-state index >= 15 is 0 Å². The SMILES string of the molecule is O=C(O)c1cccc(Nc2ccnc(N3CCOCC3)n2)c1. The monoisotopic (exact) mass is 300 g/mol. The Bertz CT molecular complexity index is 671. The Balaban J connectivity index is 1.77. The largest absolute Gasteiger partial charge is 0.478 e. The van der Waals surface area contributed by atoms with Gasteiger partial charge in [-0.25, -0.2) is 9.78 Å². The third-order valence-corrected chi connectivity index (χ3v) is 3.32. The molecule has 0 aliphatic carbocycles. The highest BCUT2D eigenvalue weighted by Gasteiger charge is 2.14. The molecule has 2 aromatic rings. The Morgan fingerprint density at radius 2 is 2.09 bits per heavy atom. The van der Waals surface area contributed by atoms with E-state index in [1.54, 1.807) is 36.5 Å². The summed E-state index contributed by atoms with van der Waals surface area (Å²) < 4.78 is 5.31. The normalized spacial score (nSPS) is 14.6. The number of carbonyl (C=O) groups is 1. The Labute approximate surface area is 127 Å².